The minimum absolute atomic E-state index is 0.162. The van der Waals surface area contributed by atoms with Crippen molar-refractivity contribution in [3.8, 4) is 6.07 Å². The second kappa shape index (κ2) is 11.2. The number of benzene rings is 2. The van der Waals surface area contributed by atoms with Crippen LogP contribution in [0.15, 0.2) is 73.3 Å². The number of urea groups is 1. The van der Waals surface area contributed by atoms with Gasteiger partial charge >= 0.3 is 6.03 Å². The number of pyridine rings is 1. The zero-order valence-corrected chi connectivity index (χ0v) is 24.3. The number of hydrogen-bond donors (Lipinski definition) is 2. The Balaban J connectivity index is 1.31. The molecular weight excluding hydrogens is 550 g/mol. The van der Waals surface area contributed by atoms with Crippen LogP contribution in [-0.2, 0) is 19.1 Å². The van der Waals surface area contributed by atoms with Gasteiger partial charge in [0.25, 0.3) is 0 Å². The average molecular weight is 582 g/mol. The van der Waals surface area contributed by atoms with Crippen LogP contribution in [0.1, 0.15) is 52.5 Å². The van der Waals surface area contributed by atoms with Gasteiger partial charge in [-0.2, -0.15) is 5.26 Å². The molecule has 4 aromatic rings. The predicted octanol–water partition coefficient (Wildman–Crippen LogP) is 4.83. The van der Waals surface area contributed by atoms with Crippen LogP contribution in [-0.4, -0.2) is 61.7 Å². The van der Waals surface area contributed by atoms with E-state index in [-0.39, 0.29) is 18.0 Å². The largest absolute Gasteiger partial charge is 0.383 e. The fourth-order valence-corrected chi connectivity index (χ4v) is 6.53. The number of fused-ring (bicyclic) bond motifs is 2. The first-order valence-electron chi connectivity index (χ1n) is 14.0. The molecule has 9 nitrogen and oxygen atoms in total. The molecule has 2 amide bonds. The van der Waals surface area contributed by atoms with Crippen molar-refractivity contribution in [2.24, 2.45) is 7.05 Å². The number of halogens is 1. The number of anilines is 1. The molecule has 3 unspecified atom stereocenters. The molecule has 0 spiro atoms. The molecule has 1 saturated heterocycles. The molecule has 1 aliphatic heterocycles. The molecule has 2 aromatic heterocycles. The third-order valence-electron chi connectivity index (χ3n) is 8.57. The Labute approximate surface area is 250 Å². The van der Waals surface area contributed by atoms with Gasteiger partial charge in [0.15, 0.2) is 0 Å². The maximum Gasteiger partial charge on any atom is 0.321 e. The van der Waals surface area contributed by atoms with Crippen molar-refractivity contribution in [1.29, 1.82) is 5.26 Å². The quantitative estimate of drug-likeness (QED) is 0.357. The number of nitrogens with zero attached hydrogens (tertiary/aromatic N) is 6. The Morgan fingerprint density at radius 1 is 1.12 bits per heavy atom. The predicted molar refractivity (Wildman–Crippen MR) is 160 cm³/mol. The Hall–Kier alpha value is -4.23. The zero-order chi connectivity index (χ0) is 29.4. The molecule has 3 atom stereocenters. The molecule has 214 valence electrons. The standard InChI is InChI=1S/C32H32ClN7O2/c1-32(42,28-19-35-20-38(28)2)27-16-22-4-3-11-36-29(22)30(25-10-7-23(33)17-26(25)27)39-12-14-40(15-13-39)31(41)37-24-8-5-21(18-34)6-9-24/h3-11,17,19-20,27,30,42H,12-16H2,1-2H3,(H,37,41). The zero-order valence-electron chi connectivity index (χ0n) is 23.5. The highest BCUT2D eigenvalue weighted by Gasteiger charge is 2.43. The summed E-state index contributed by atoms with van der Waals surface area (Å²) < 4.78 is 1.86. The van der Waals surface area contributed by atoms with Gasteiger partial charge in [0.05, 0.1) is 41.6 Å². The number of amides is 2. The van der Waals surface area contributed by atoms with Crippen LogP contribution < -0.4 is 5.32 Å². The number of nitrogens with one attached hydrogen (secondary N) is 1. The number of nitriles is 1. The lowest BCUT2D eigenvalue weighted by molar-refractivity contribution is 0.0191. The lowest BCUT2D eigenvalue weighted by Gasteiger charge is -2.40. The summed E-state index contributed by atoms with van der Waals surface area (Å²) in [6.07, 6.45) is 5.83. The number of carbonyl (C=O) groups is 1. The number of imidazole rings is 1. The Morgan fingerprint density at radius 3 is 2.57 bits per heavy atom. The molecule has 0 saturated carbocycles. The number of aryl methyl sites for hydroxylation is 1. The van der Waals surface area contributed by atoms with Crippen LogP contribution in [0.3, 0.4) is 0 Å². The van der Waals surface area contributed by atoms with Crippen molar-refractivity contribution >= 4 is 23.3 Å². The van der Waals surface area contributed by atoms with E-state index in [9.17, 15) is 9.90 Å². The van der Waals surface area contributed by atoms with Gasteiger partial charge in [-0.05, 0) is 72.5 Å². The number of hydrogen-bond acceptors (Lipinski definition) is 6. The summed E-state index contributed by atoms with van der Waals surface area (Å²) >= 11 is 6.59. The normalized spacial score (nSPS) is 20.0. The molecule has 0 radical (unpaired) electrons. The average Bonchev–Trinajstić information content (AvgIpc) is 3.38. The van der Waals surface area contributed by atoms with Crippen molar-refractivity contribution < 1.29 is 9.90 Å². The summed E-state index contributed by atoms with van der Waals surface area (Å²) in [5, 5.41) is 24.7. The van der Waals surface area contributed by atoms with Crippen molar-refractivity contribution in [3.05, 3.63) is 112 Å². The fourth-order valence-electron chi connectivity index (χ4n) is 6.35. The molecule has 2 aromatic carbocycles. The molecule has 0 bridgehead atoms. The smallest absolute Gasteiger partial charge is 0.321 e. The van der Waals surface area contributed by atoms with E-state index in [1.165, 1.54) is 0 Å². The summed E-state index contributed by atoms with van der Waals surface area (Å²) in [6.45, 7) is 4.22. The molecule has 6 rings (SSSR count). The minimum Gasteiger partial charge on any atom is -0.383 e. The maximum atomic E-state index is 13.1. The Bertz CT molecular complexity index is 1650. The summed E-state index contributed by atoms with van der Waals surface area (Å²) in [4.78, 5) is 26.4. The number of rotatable bonds is 4. The lowest BCUT2D eigenvalue weighted by Crippen LogP contribution is -2.51. The van der Waals surface area contributed by atoms with Crippen molar-refractivity contribution in [1.82, 2.24) is 24.3 Å². The molecule has 1 aliphatic carbocycles. The van der Waals surface area contributed by atoms with E-state index in [4.69, 9.17) is 21.8 Å². The second-order valence-electron chi connectivity index (χ2n) is 11.2. The number of carbonyl (C=O) groups excluding carboxylic acids is 1. The van der Waals surface area contributed by atoms with Crippen molar-refractivity contribution in [2.45, 2.75) is 30.9 Å². The molecule has 42 heavy (non-hydrogen) atoms. The van der Waals surface area contributed by atoms with E-state index in [0.717, 1.165) is 28.1 Å². The Kier molecular flexibility index (Phi) is 7.45. The lowest BCUT2D eigenvalue weighted by atomic mass is 9.77. The van der Waals surface area contributed by atoms with Gasteiger partial charge in [0.1, 0.15) is 5.60 Å². The Morgan fingerprint density at radius 2 is 1.88 bits per heavy atom. The van der Waals surface area contributed by atoms with Crippen molar-refractivity contribution in [3.63, 3.8) is 0 Å². The van der Waals surface area contributed by atoms with E-state index in [2.05, 4.69) is 33.4 Å². The first kappa shape index (κ1) is 27.9. The van der Waals surface area contributed by atoms with Gasteiger partial charge in [-0.25, -0.2) is 9.78 Å². The number of aromatic nitrogens is 3. The van der Waals surface area contributed by atoms with E-state index >= 15 is 0 Å². The van der Waals surface area contributed by atoms with Gasteiger partial charge in [0, 0.05) is 56.1 Å². The summed E-state index contributed by atoms with van der Waals surface area (Å²) in [7, 11) is 1.89. The van der Waals surface area contributed by atoms with E-state index < -0.39 is 5.60 Å². The maximum absolute atomic E-state index is 13.1. The van der Waals surface area contributed by atoms with E-state index in [1.54, 1.807) is 36.8 Å². The summed E-state index contributed by atoms with van der Waals surface area (Å²) in [5.41, 5.74) is 4.77. The topological polar surface area (TPSA) is 110 Å². The molecule has 1 fully saturated rings. The first-order valence-corrected chi connectivity index (χ1v) is 14.4. The minimum atomic E-state index is -1.23. The SMILES string of the molecule is Cn1cncc1C(C)(O)C1Cc2cccnc2C(N2CCN(C(=O)Nc3ccc(C#N)cc3)CC2)c2ccc(Cl)cc21. The van der Waals surface area contributed by atoms with Gasteiger partial charge in [-0.1, -0.05) is 23.7 Å². The molecule has 3 heterocycles. The third kappa shape index (κ3) is 5.13. The van der Waals surface area contributed by atoms with E-state index in [0.29, 0.717) is 48.9 Å². The molecule has 10 heteroatoms. The van der Waals surface area contributed by atoms with Gasteiger partial charge in [0.2, 0.25) is 0 Å². The van der Waals surface area contributed by atoms with Crippen LogP contribution in [0, 0.1) is 11.3 Å². The van der Waals surface area contributed by atoms with Gasteiger partial charge < -0.3 is 19.9 Å². The summed E-state index contributed by atoms with van der Waals surface area (Å²) in [5.74, 6) is -0.297. The number of aliphatic hydroxyl groups is 1. The van der Waals surface area contributed by atoms with Crippen LogP contribution in [0.2, 0.25) is 5.02 Å². The van der Waals surface area contributed by atoms with Crippen LogP contribution in [0.5, 0.6) is 0 Å². The molecular formula is C32H32ClN7O2. The number of piperazine rings is 1. The highest BCUT2D eigenvalue weighted by molar-refractivity contribution is 6.30. The molecule has 2 aliphatic rings. The first-order chi connectivity index (χ1) is 20.3. The van der Waals surface area contributed by atoms with Crippen molar-refractivity contribution in [2.75, 3.05) is 31.5 Å². The van der Waals surface area contributed by atoms with Gasteiger partial charge in [-0.15, -0.1) is 0 Å². The highest BCUT2D eigenvalue weighted by Crippen LogP contribution is 2.47. The third-order valence-corrected chi connectivity index (χ3v) is 8.81. The van der Waals surface area contributed by atoms with E-state index in [1.807, 2.05) is 47.8 Å². The fraction of sp³-hybridized carbons (Fsp3) is 0.312. The van der Waals surface area contributed by atoms with Crippen LogP contribution in [0.4, 0.5) is 10.5 Å². The van der Waals surface area contributed by atoms with Crippen LogP contribution in [0.25, 0.3) is 0 Å². The summed E-state index contributed by atoms with van der Waals surface area (Å²) in [6, 6.07) is 18.6. The monoisotopic (exact) mass is 581 g/mol. The van der Waals surface area contributed by atoms with Gasteiger partial charge in [-0.3, -0.25) is 9.88 Å². The second-order valence-corrected chi connectivity index (χ2v) is 11.6. The van der Waals surface area contributed by atoms with Crippen LogP contribution >= 0.6 is 11.6 Å². The molecule has 2 N–H and O–H groups in total. The highest BCUT2D eigenvalue weighted by atomic mass is 35.5.